The molecule has 0 N–H and O–H groups in total. The van der Waals surface area contributed by atoms with E-state index in [0.717, 1.165) is 12.8 Å². The van der Waals surface area contributed by atoms with Crippen LogP contribution in [0.1, 0.15) is 79.6 Å². The summed E-state index contributed by atoms with van der Waals surface area (Å²) in [5, 5.41) is 0. The second kappa shape index (κ2) is 5.78. The maximum absolute atomic E-state index is 13.1. The van der Waals surface area contributed by atoms with Crippen molar-refractivity contribution in [2.75, 3.05) is 0 Å². The van der Waals surface area contributed by atoms with Gasteiger partial charge in [0.05, 0.1) is 0 Å². The van der Waals surface area contributed by atoms with Crippen molar-refractivity contribution in [1.29, 1.82) is 0 Å². The summed E-state index contributed by atoms with van der Waals surface area (Å²) in [7, 11) is 0. The van der Waals surface area contributed by atoms with E-state index in [1.165, 1.54) is 0 Å². The minimum atomic E-state index is -1.43. The molecule has 1 fully saturated rings. The lowest BCUT2D eigenvalue weighted by Gasteiger charge is -2.41. The van der Waals surface area contributed by atoms with Crippen LogP contribution in [0, 0.1) is 16.7 Å². The average Bonchev–Trinajstić information content (AvgIpc) is 2.76. The molecular weight excluding hydrogens is 316 g/mol. The van der Waals surface area contributed by atoms with Crippen molar-refractivity contribution in [3.8, 4) is 0 Å². The molecule has 0 unspecified atom stereocenters. The fourth-order valence-corrected chi connectivity index (χ4v) is 4.83. The summed E-state index contributed by atoms with van der Waals surface area (Å²) in [4.78, 5) is 39.2. The Morgan fingerprint density at radius 2 is 1.48 bits per heavy atom. The van der Waals surface area contributed by atoms with Crippen LogP contribution >= 0.6 is 0 Å². The molecule has 3 rings (SSSR count). The van der Waals surface area contributed by atoms with E-state index in [2.05, 4.69) is 6.92 Å². The van der Waals surface area contributed by atoms with Crippen LogP contribution in [0.2, 0.25) is 0 Å². The zero-order valence-electron chi connectivity index (χ0n) is 16.2. The molecule has 1 atom stereocenters. The number of carbonyl (C=O) groups excluding carboxylic acids is 3. The Kier molecular flexibility index (Phi) is 4.24. The van der Waals surface area contributed by atoms with Gasteiger partial charge in [0.25, 0.3) is 0 Å². The van der Waals surface area contributed by atoms with E-state index < -0.39 is 5.60 Å². The van der Waals surface area contributed by atoms with E-state index in [9.17, 15) is 14.4 Å². The summed E-state index contributed by atoms with van der Waals surface area (Å²) in [6, 6.07) is 0. The van der Waals surface area contributed by atoms with E-state index in [1.807, 2.05) is 27.7 Å². The topological polar surface area (TPSA) is 60.4 Å². The summed E-state index contributed by atoms with van der Waals surface area (Å²) in [5.74, 6) is 0.0327. The van der Waals surface area contributed by atoms with Gasteiger partial charge in [0.15, 0.2) is 17.3 Å². The second-order valence-corrected chi connectivity index (χ2v) is 9.67. The molecule has 25 heavy (non-hydrogen) atoms. The molecule has 0 bridgehead atoms. The van der Waals surface area contributed by atoms with Gasteiger partial charge in [-0.2, -0.15) is 0 Å². The largest absolute Gasteiger partial charge is 0.475 e. The average molecular weight is 346 g/mol. The van der Waals surface area contributed by atoms with Gasteiger partial charge in [-0.05, 0) is 17.3 Å². The molecule has 0 saturated heterocycles. The zero-order chi connectivity index (χ0) is 18.6. The number of Topliss-reactive ketones (excluding diaryl/α,β-unsaturated/α-hetero) is 3. The van der Waals surface area contributed by atoms with E-state index in [1.54, 1.807) is 0 Å². The number of allylic oxidation sites excluding steroid dienone is 1. The summed E-state index contributed by atoms with van der Waals surface area (Å²) in [5.41, 5.74) is -1.29. The lowest BCUT2D eigenvalue weighted by molar-refractivity contribution is -0.163. The molecular formula is C21H30O4. The monoisotopic (exact) mass is 346 g/mol. The van der Waals surface area contributed by atoms with E-state index in [-0.39, 0.29) is 34.1 Å². The van der Waals surface area contributed by atoms with Crippen molar-refractivity contribution in [2.24, 2.45) is 16.7 Å². The first-order chi connectivity index (χ1) is 11.5. The molecule has 4 nitrogen and oxygen atoms in total. The highest BCUT2D eigenvalue weighted by Gasteiger charge is 2.64. The molecule has 0 aromatic rings. The Morgan fingerprint density at radius 3 is 2.04 bits per heavy atom. The van der Waals surface area contributed by atoms with E-state index in [4.69, 9.17) is 4.74 Å². The third kappa shape index (κ3) is 2.88. The van der Waals surface area contributed by atoms with Crippen molar-refractivity contribution in [2.45, 2.75) is 85.2 Å². The van der Waals surface area contributed by atoms with Gasteiger partial charge < -0.3 is 4.74 Å². The molecule has 0 aromatic carbocycles. The quantitative estimate of drug-likeness (QED) is 0.720. The lowest BCUT2D eigenvalue weighted by Crippen LogP contribution is -2.58. The first-order valence-corrected chi connectivity index (χ1v) is 9.54. The summed E-state index contributed by atoms with van der Waals surface area (Å²) < 4.78 is 6.19. The number of ketones is 3. The van der Waals surface area contributed by atoms with E-state index >= 15 is 0 Å². The smallest absolute Gasteiger partial charge is 0.230 e. The normalized spacial score (nSPS) is 29.8. The lowest BCUT2D eigenvalue weighted by atomic mass is 9.62. The highest BCUT2D eigenvalue weighted by molar-refractivity contribution is 6.16. The van der Waals surface area contributed by atoms with Gasteiger partial charge in [-0.1, -0.05) is 47.5 Å². The van der Waals surface area contributed by atoms with Crippen LogP contribution in [0.15, 0.2) is 11.3 Å². The molecule has 1 spiro atoms. The number of hydrogen-bond donors (Lipinski definition) is 0. The predicted octanol–water partition coefficient (Wildman–Crippen LogP) is 4.16. The molecule has 1 aliphatic heterocycles. The van der Waals surface area contributed by atoms with Crippen LogP contribution in [0.3, 0.4) is 0 Å². The Labute approximate surface area is 150 Å². The van der Waals surface area contributed by atoms with Crippen LogP contribution < -0.4 is 0 Å². The second-order valence-electron chi connectivity index (χ2n) is 9.67. The van der Waals surface area contributed by atoms with Crippen molar-refractivity contribution in [3.63, 3.8) is 0 Å². The zero-order valence-corrected chi connectivity index (χ0v) is 16.2. The molecule has 0 radical (unpaired) electrons. The number of rotatable bonds is 3. The van der Waals surface area contributed by atoms with Gasteiger partial charge in [-0.3, -0.25) is 14.4 Å². The predicted molar refractivity (Wildman–Crippen MR) is 94.9 cm³/mol. The summed E-state index contributed by atoms with van der Waals surface area (Å²) in [6.07, 6.45) is 4.26. The molecule has 2 aliphatic carbocycles. The van der Waals surface area contributed by atoms with Gasteiger partial charge in [0, 0.05) is 37.2 Å². The first kappa shape index (κ1) is 18.3. The standard InChI is InChI=1S/C21H30O4/c1-6-7-8-13-18-14(22)9-19(2,3)10-15(18)25-21(13)16(23)11-20(4,5)12-17(21)24/h13H,6-12H2,1-5H3/t13-/m0/s1. The van der Waals surface area contributed by atoms with Gasteiger partial charge in [-0.25, -0.2) is 0 Å². The fourth-order valence-electron chi connectivity index (χ4n) is 4.83. The van der Waals surface area contributed by atoms with Crippen molar-refractivity contribution in [1.82, 2.24) is 0 Å². The van der Waals surface area contributed by atoms with Gasteiger partial charge in [-0.15, -0.1) is 0 Å². The number of unbranched alkanes of at least 4 members (excludes halogenated alkanes) is 1. The summed E-state index contributed by atoms with van der Waals surface area (Å²) >= 11 is 0. The highest BCUT2D eigenvalue weighted by Crippen LogP contribution is 2.54. The van der Waals surface area contributed by atoms with Crippen molar-refractivity contribution in [3.05, 3.63) is 11.3 Å². The van der Waals surface area contributed by atoms with Crippen LogP contribution in [0.4, 0.5) is 0 Å². The fraction of sp³-hybridized carbons (Fsp3) is 0.762. The molecule has 138 valence electrons. The third-order valence-corrected chi connectivity index (χ3v) is 5.96. The SMILES string of the molecule is CCCC[C@H]1C2=C(CC(C)(C)CC2=O)OC12C(=O)CC(C)(C)CC2=O. The Balaban J connectivity index is 2.05. The Morgan fingerprint density at radius 1 is 0.920 bits per heavy atom. The minimum Gasteiger partial charge on any atom is -0.475 e. The number of hydrogen-bond acceptors (Lipinski definition) is 4. The summed E-state index contributed by atoms with van der Waals surface area (Å²) in [6.45, 7) is 10.1. The van der Waals surface area contributed by atoms with Crippen molar-refractivity contribution < 1.29 is 19.1 Å². The maximum Gasteiger partial charge on any atom is 0.230 e. The van der Waals surface area contributed by atoms with Crippen LogP contribution in [-0.2, 0) is 19.1 Å². The molecule has 1 heterocycles. The molecule has 3 aliphatic rings. The van der Waals surface area contributed by atoms with Crippen LogP contribution in [-0.4, -0.2) is 23.0 Å². The van der Waals surface area contributed by atoms with Gasteiger partial charge in [0.2, 0.25) is 5.60 Å². The maximum atomic E-state index is 13.1. The minimum absolute atomic E-state index is 0.0645. The molecule has 4 heteroatoms. The third-order valence-electron chi connectivity index (χ3n) is 5.96. The molecule has 0 amide bonds. The molecule has 0 aromatic heterocycles. The van der Waals surface area contributed by atoms with E-state index in [0.29, 0.717) is 43.4 Å². The first-order valence-electron chi connectivity index (χ1n) is 9.54. The van der Waals surface area contributed by atoms with Gasteiger partial charge in [0.1, 0.15) is 5.76 Å². The number of carbonyl (C=O) groups is 3. The Bertz CT molecular complexity index is 645. The number of ether oxygens (including phenoxy) is 1. The molecule has 1 saturated carbocycles. The Hall–Kier alpha value is -1.45. The highest BCUT2D eigenvalue weighted by atomic mass is 16.5. The van der Waals surface area contributed by atoms with Crippen molar-refractivity contribution >= 4 is 17.3 Å². The van der Waals surface area contributed by atoms with Crippen LogP contribution in [0.5, 0.6) is 0 Å². The van der Waals surface area contributed by atoms with Gasteiger partial charge >= 0.3 is 0 Å². The van der Waals surface area contributed by atoms with Crippen LogP contribution in [0.25, 0.3) is 0 Å².